The van der Waals surface area contributed by atoms with Gasteiger partial charge in [0, 0.05) is 30.4 Å². The van der Waals surface area contributed by atoms with Crippen LogP contribution in [-0.2, 0) is 19.7 Å². The highest BCUT2D eigenvalue weighted by Gasteiger charge is 2.10. The lowest BCUT2D eigenvalue weighted by molar-refractivity contribution is 0.278. The molecule has 0 atom stereocenters. The van der Waals surface area contributed by atoms with Crippen LogP contribution in [0.4, 0.5) is 0 Å². The Labute approximate surface area is 119 Å². The average Bonchev–Trinajstić information content (AvgIpc) is 2.44. The fourth-order valence-corrected chi connectivity index (χ4v) is 2.17. The summed E-state index contributed by atoms with van der Waals surface area (Å²) >= 11 is 0. The third-order valence-corrected chi connectivity index (χ3v) is 3.31. The van der Waals surface area contributed by atoms with Gasteiger partial charge in [-0.05, 0) is 19.4 Å². The summed E-state index contributed by atoms with van der Waals surface area (Å²) in [7, 11) is 0. The Morgan fingerprint density at radius 1 is 1.20 bits per heavy atom. The smallest absolute Gasteiger partial charge is 0.141 e. The second-order valence-corrected chi connectivity index (χ2v) is 4.95. The van der Waals surface area contributed by atoms with E-state index in [0.29, 0.717) is 29.9 Å². The van der Waals surface area contributed by atoms with Crippen molar-refractivity contribution in [3.05, 3.63) is 58.4 Å². The lowest BCUT2D eigenvalue weighted by Gasteiger charge is -2.12. The molecule has 4 nitrogen and oxygen atoms in total. The molecule has 0 amide bonds. The molecule has 0 bridgehead atoms. The topological polar surface area (TPSA) is 65.4 Å². The number of nitrogens with zero attached hydrogens (tertiary/aromatic N) is 1. The third-order valence-electron chi connectivity index (χ3n) is 3.31. The number of aliphatic hydroxyl groups is 1. The van der Waals surface area contributed by atoms with Gasteiger partial charge in [-0.1, -0.05) is 29.8 Å². The van der Waals surface area contributed by atoms with Crippen molar-refractivity contribution in [2.75, 3.05) is 0 Å². The van der Waals surface area contributed by atoms with Gasteiger partial charge in [0.25, 0.3) is 0 Å². The van der Waals surface area contributed by atoms with Gasteiger partial charge in [-0.15, -0.1) is 0 Å². The van der Waals surface area contributed by atoms with E-state index < -0.39 is 0 Å². The molecular weight excluding hydrogens is 252 g/mol. The molecule has 0 saturated heterocycles. The van der Waals surface area contributed by atoms with E-state index in [1.54, 1.807) is 13.1 Å². The number of aliphatic hydroxyl groups excluding tert-OH is 1. The van der Waals surface area contributed by atoms with Gasteiger partial charge in [-0.3, -0.25) is 4.98 Å². The highest BCUT2D eigenvalue weighted by Crippen LogP contribution is 2.23. The SMILES string of the molecule is Cc1cccc(CNCc2c(CO)cnc(C)c2O)c1. The maximum atomic E-state index is 10.0. The molecule has 0 aliphatic rings. The van der Waals surface area contributed by atoms with Gasteiger partial charge in [0.05, 0.1) is 12.3 Å². The zero-order valence-corrected chi connectivity index (χ0v) is 11.8. The lowest BCUT2D eigenvalue weighted by atomic mass is 10.1. The molecule has 4 heteroatoms. The molecule has 0 aliphatic heterocycles. The Bertz CT molecular complexity index is 597. The number of nitrogens with one attached hydrogen (secondary N) is 1. The van der Waals surface area contributed by atoms with E-state index in [4.69, 9.17) is 0 Å². The van der Waals surface area contributed by atoms with Crippen LogP contribution in [0.2, 0.25) is 0 Å². The van der Waals surface area contributed by atoms with Crippen LogP contribution in [0.1, 0.15) is 27.9 Å². The summed E-state index contributed by atoms with van der Waals surface area (Å²) in [5.41, 5.74) is 4.37. The maximum absolute atomic E-state index is 10.0. The van der Waals surface area contributed by atoms with Crippen LogP contribution in [0.5, 0.6) is 5.75 Å². The first-order chi connectivity index (χ1) is 9.61. The summed E-state index contributed by atoms with van der Waals surface area (Å²) in [5, 5.41) is 22.6. The number of rotatable bonds is 5. The van der Waals surface area contributed by atoms with E-state index in [9.17, 15) is 10.2 Å². The molecule has 1 aromatic heterocycles. The van der Waals surface area contributed by atoms with Crippen molar-refractivity contribution in [3.8, 4) is 5.75 Å². The highest BCUT2D eigenvalue weighted by atomic mass is 16.3. The Hall–Kier alpha value is -1.91. The Balaban J connectivity index is 2.06. The molecular formula is C16H20N2O2. The molecule has 1 aromatic carbocycles. The maximum Gasteiger partial charge on any atom is 0.141 e. The van der Waals surface area contributed by atoms with Crippen molar-refractivity contribution >= 4 is 0 Å². The van der Waals surface area contributed by atoms with E-state index in [-0.39, 0.29) is 12.4 Å². The lowest BCUT2D eigenvalue weighted by Crippen LogP contribution is -2.15. The van der Waals surface area contributed by atoms with E-state index in [1.807, 2.05) is 6.07 Å². The first-order valence-corrected chi connectivity index (χ1v) is 6.65. The summed E-state index contributed by atoms with van der Waals surface area (Å²) in [6.07, 6.45) is 1.61. The van der Waals surface area contributed by atoms with Crippen LogP contribution in [0.25, 0.3) is 0 Å². The van der Waals surface area contributed by atoms with Crippen molar-refractivity contribution < 1.29 is 10.2 Å². The van der Waals surface area contributed by atoms with Crippen LogP contribution >= 0.6 is 0 Å². The molecule has 0 aliphatic carbocycles. The molecule has 20 heavy (non-hydrogen) atoms. The van der Waals surface area contributed by atoms with Gasteiger partial charge < -0.3 is 15.5 Å². The first kappa shape index (κ1) is 14.5. The van der Waals surface area contributed by atoms with Crippen LogP contribution in [0.15, 0.2) is 30.5 Å². The van der Waals surface area contributed by atoms with Crippen molar-refractivity contribution in [1.82, 2.24) is 10.3 Å². The van der Waals surface area contributed by atoms with Crippen molar-refractivity contribution in [1.29, 1.82) is 0 Å². The molecule has 106 valence electrons. The molecule has 0 saturated carbocycles. The Morgan fingerprint density at radius 3 is 2.70 bits per heavy atom. The molecule has 0 unspecified atom stereocenters. The summed E-state index contributed by atoms with van der Waals surface area (Å²) in [4.78, 5) is 4.05. The number of aromatic hydroxyl groups is 1. The summed E-state index contributed by atoms with van der Waals surface area (Å²) in [6, 6.07) is 8.27. The number of hydrogen-bond acceptors (Lipinski definition) is 4. The van der Waals surface area contributed by atoms with Gasteiger partial charge in [-0.2, -0.15) is 0 Å². The molecule has 3 N–H and O–H groups in total. The van der Waals surface area contributed by atoms with E-state index in [1.165, 1.54) is 11.1 Å². The van der Waals surface area contributed by atoms with Gasteiger partial charge in [0.1, 0.15) is 5.75 Å². The quantitative estimate of drug-likeness (QED) is 0.780. The number of benzene rings is 1. The second kappa shape index (κ2) is 6.50. The van der Waals surface area contributed by atoms with Crippen LogP contribution < -0.4 is 5.32 Å². The number of aromatic nitrogens is 1. The zero-order valence-electron chi connectivity index (χ0n) is 11.8. The molecule has 2 rings (SSSR count). The van der Waals surface area contributed by atoms with Crippen molar-refractivity contribution in [3.63, 3.8) is 0 Å². The van der Waals surface area contributed by atoms with Gasteiger partial charge in [0.2, 0.25) is 0 Å². The van der Waals surface area contributed by atoms with Gasteiger partial charge in [-0.25, -0.2) is 0 Å². The monoisotopic (exact) mass is 272 g/mol. The number of pyridine rings is 1. The fraction of sp³-hybridized carbons (Fsp3) is 0.312. The molecule has 0 spiro atoms. The van der Waals surface area contributed by atoms with E-state index >= 15 is 0 Å². The largest absolute Gasteiger partial charge is 0.506 e. The first-order valence-electron chi connectivity index (χ1n) is 6.65. The molecule has 1 heterocycles. The normalized spacial score (nSPS) is 10.8. The molecule has 0 fully saturated rings. The highest BCUT2D eigenvalue weighted by molar-refractivity contribution is 5.40. The molecule has 2 aromatic rings. The van der Waals surface area contributed by atoms with Crippen LogP contribution in [0.3, 0.4) is 0 Å². The van der Waals surface area contributed by atoms with E-state index in [0.717, 1.165) is 0 Å². The van der Waals surface area contributed by atoms with Crippen molar-refractivity contribution in [2.45, 2.75) is 33.5 Å². The molecule has 0 radical (unpaired) electrons. The van der Waals surface area contributed by atoms with Gasteiger partial charge >= 0.3 is 0 Å². The standard InChI is InChI=1S/C16H20N2O2/c1-11-4-3-5-13(6-11)7-17-9-15-14(10-19)8-18-12(2)16(15)20/h3-6,8,17,19-20H,7,9-10H2,1-2H3. The minimum atomic E-state index is -0.123. The van der Waals surface area contributed by atoms with Crippen molar-refractivity contribution in [2.24, 2.45) is 0 Å². The summed E-state index contributed by atoms with van der Waals surface area (Å²) in [5.74, 6) is 0.160. The van der Waals surface area contributed by atoms with Crippen LogP contribution in [0, 0.1) is 13.8 Å². The second-order valence-electron chi connectivity index (χ2n) is 4.95. The minimum Gasteiger partial charge on any atom is -0.506 e. The number of hydrogen-bond donors (Lipinski definition) is 3. The minimum absolute atomic E-state index is 0.123. The zero-order chi connectivity index (χ0) is 14.5. The average molecular weight is 272 g/mol. The summed E-state index contributed by atoms with van der Waals surface area (Å²) < 4.78 is 0. The predicted octanol–water partition coefficient (Wildman–Crippen LogP) is 2.19. The van der Waals surface area contributed by atoms with Crippen LogP contribution in [-0.4, -0.2) is 15.2 Å². The van der Waals surface area contributed by atoms with E-state index in [2.05, 4.69) is 35.4 Å². The third kappa shape index (κ3) is 3.35. The fourth-order valence-electron chi connectivity index (χ4n) is 2.17. The summed E-state index contributed by atoms with van der Waals surface area (Å²) in [6.45, 7) is 4.90. The Kier molecular flexibility index (Phi) is 4.71. The predicted molar refractivity (Wildman–Crippen MR) is 78.3 cm³/mol. The Morgan fingerprint density at radius 2 is 2.00 bits per heavy atom. The number of aryl methyl sites for hydroxylation is 2. The van der Waals surface area contributed by atoms with Gasteiger partial charge in [0.15, 0.2) is 0 Å².